The first-order valence-corrected chi connectivity index (χ1v) is 9.18. The van der Waals surface area contributed by atoms with E-state index in [-0.39, 0.29) is 41.5 Å². The van der Waals surface area contributed by atoms with E-state index in [1.807, 2.05) is 0 Å². The molecule has 3 aliphatic carbocycles. The number of amides is 4. The molecule has 0 radical (unpaired) electrons. The monoisotopic (exact) mass is 331 g/mol. The maximum atomic E-state index is 12.8. The minimum absolute atomic E-state index is 0.101. The third kappa shape index (κ3) is 2.34. The van der Waals surface area contributed by atoms with E-state index in [0.717, 1.165) is 45.2 Å². The van der Waals surface area contributed by atoms with E-state index in [9.17, 15) is 14.4 Å². The number of rotatable bonds is 2. The minimum atomic E-state index is -0.579. The third-order valence-electron chi connectivity index (χ3n) is 6.16. The summed E-state index contributed by atoms with van der Waals surface area (Å²) in [6.07, 6.45) is 8.81. The second-order valence-electron chi connectivity index (χ2n) is 7.56. The molecule has 1 N–H and O–H groups in total. The summed E-state index contributed by atoms with van der Waals surface area (Å²) in [6.45, 7) is 3.24. The van der Waals surface area contributed by atoms with E-state index in [0.29, 0.717) is 0 Å². The van der Waals surface area contributed by atoms with Gasteiger partial charge in [0.25, 0.3) is 0 Å². The maximum Gasteiger partial charge on any atom is 0.319 e. The van der Waals surface area contributed by atoms with Crippen molar-refractivity contribution in [3.8, 4) is 0 Å². The van der Waals surface area contributed by atoms with E-state index >= 15 is 0 Å². The van der Waals surface area contributed by atoms with Crippen molar-refractivity contribution in [3.63, 3.8) is 0 Å². The average Bonchev–Trinajstić information content (AvgIpc) is 2.90. The highest BCUT2D eigenvalue weighted by atomic mass is 16.2. The Bertz CT molecular complexity index is 564. The Kier molecular flexibility index (Phi) is 3.85. The lowest BCUT2D eigenvalue weighted by Crippen LogP contribution is -2.54. The summed E-state index contributed by atoms with van der Waals surface area (Å²) >= 11 is 0. The van der Waals surface area contributed by atoms with Crippen molar-refractivity contribution in [2.24, 2.45) is 23.7 Å². The van der Waals surface area contributed by atoms with Crippen molar-refractivity contribution >= 4 is 17.8 Å². The van der Waals surface area contributed by atoms with Crippen LogP contribution in [0.5, 0.6) is 0 Å². The molecule has 2 aliphatic heterocycles. The molecule has 3 fully saturated rings. The van der Waals surface area contributed by atoms with Crippen LogP contribution >= 0.6 is 0 Å². The number of piperidine rings is 1. The third-order valence-corrected chi connectivity index (χ3v) is 6.16. The molecule has 2 saturated heterocycles. The average molecular weight is 331 g/mol. The lowest BCUT2D eigenvalue weighted by Gasteiger charge is -2.38. The van der Waals surface area contributed by atoms with Gasteiger partial charge in [-0.2, -0.15) is 0 Å². The molecule has 5 rings (SSSR count). The summed E-state index contributed by atoms with van der Waals surface area (Å²) < 4.78 is 0. The van der Waals surface area contributed by atoms with Crippen LogP contribution in [0.25, 0.3) is 0 Å². The summed E-state index contributed by atoms with van der Waals surface area (Å²) in [6, 6.07) is -0.168. The maximum absolute atomic E-state index is 12.8. The molecule has 24 heavy (non-hydrogen) atoms. The fraction of sp³-hybridized carbons (Fsp3) is 0.722. The van der Waals surface area contributed by atoms with Gasteiger partial charge in [0.1, 0.15) is 6.17 Å². The Morgan fingerprint density at radius 3 is 2.08 bits per heavy atom. The van der Waals surface area contributed by atoms with Gasteiger partial charge in [0.15, 0.2) is 0 Å². The summed E-state index contributed by atoms with van der Waals surface area (Å²) in [5.74, 6) is -0.255. The second kappa shape index (κ2) is 5.90. The Balaban J connectivity index is 1.47. The van der Waals surface area contributed by atoms with E-state index in [1.165, 1.54) is 4.90 Å². The number of nitrogens with zero attached hydrogens (tertiary/aromatic N) is 2. The van der Waals surface area contributed by atoms with Gasteiger partial charge in [0.2, 0.25) is 11.8 Å². The molecule has 130 valence electrons. The molecule has 5 aliphatic rings. The molecule has 0 aromatic carbocycles. The van der Waals surface area contributed by atoms with Crippen LogP contribution in [-0.4, -0.2) is 46.9 Å². The van der Waals surface area contributed by atoms with Crippen LogP contribution in [0.4, 0.5) is 4.79 Å². The van der Waals surface area contributed by atoms with Crippen LogP contribution in [0.2, 0.25) is 0 Å². The first-order valence-electron chi connectivity index (χ1n) is 9.18. The number of fused-ring (bicyclic) bond motifs is 1. The Hall–Kier alpha value is -1.85. The van der Waals surface area contributed by atoms with Crippen molar-refractivity contribution in [1.82, 2.24) is 15.1 Å². The van der Waals surface area contributed by atoms with Gasteiger partial charge < -0.3 is 10.2 Å². The Morgan fingerprint density at radius 2 is 1.58 bits per heavy atom. The van der Waals surface area contributed by atoms with E-state index in [2.05, 4.69) is 17.5 Å². The SMILES string of the molecule is C[C@@H](NC(=O)N1CCCCC1)N1C(=O)[C@@H]2[C@H](C1=O)[C@H]1C=C[C@H]2CC1. The van der Waals surface area contributed by atoms with Crippen LogP contribution < -0.4 is 5.32 Å². The fourth-order valence-corrected chi connectivity index (χ4v) is 4.91. The normalized spacial score (nSPS) is 36.0. The molecule has 6 heteroatoms. The number of likely N-dealkylation sites (tertiary alicyclic amines) is 2. The standard InChI is InChI=1S/C18H25N3O3/c1-11(19-18(24)20-9-3-2-4-10-20)21-16(22)14-12-5-6-13(8-7-12)15(14)17(21)23/h5-6,11-15H,2-4,7-10H2,1H3,(H,19,24)/t11-,12-,13-,14-,15+/m0/s1. The van der Waals surface area contributed by atoms with Gasteiger partial charge in [-0.25, -0.2) is 4.79 Å². The van der Waals surface area contributed by atoms with Crippen LogP contribution in [0.15, 0.2) is 12.2 Å². The highest BCUT2D eigenvalue weighted by Gasteiger charge is 2.57. The number of nitrogens with one attached hydrogen (secondary N) is 1. The van der Waals surface area contributed by atoms with E-state index in [4.69, 9.17) is 0 Å². The van der Waals surface area contributed by atoms with Gasteiger partial charge in [0.05, 0.1) is 11.8 Å². The minimum Gasteiger partial charge on any atom is -0.325 e. The second-order valence-corrected chi connectivity index (χ2v) is 7.56. The lowest BCUT2D eigenvalue weighted by molar-refractivity contribution is -0.142. The van der Waals surface area contributed by atoms with Crippen molar-refractivity contribution in [3.05, 3.63) is 12.2 Å². The summed E-state index contributed by atoms with van der Waals surface area (Å²) in [5, 5.41) is 2.86. The Morgan fingerprint density at radius 1 is 1.04 bits per heavy atom. The van der Waals surface area contributed by atoms with Crippen molar-refractivity contribution in [2.45, 2.75) is 45.2 Å². The smallest absolute Gasteiger partial charge is 0.319 e. The quantitative estimate of drug-likeness (QED) is 0.619. The van der Waals surface area contributed by atoms with Gasteiger partial charge in [-0.3, -0.25) is 14.5 Å². The zero-order valence-electron chi connectivity index (χ0n) is 14.1. The van der Waals surface area contributed by atoms with Crippen molar-refractivity contribution in [2.75, 3.05) is 13.1 Å². The van der Waals surface area contributed by atoms with Gasteiger partial charge in [-0.1, -0.05) is 12.2 Å². The number of allylic oxidation sites excluding steroid dienone is 2. The zero-order chi connectivity index (χ0) is 16.8. The number of hydrogen-bond donors (Lipinski definition) is 1. The van der Waals surface area contributed by atoms with Gasteiger partial charge in [-0.15, -0.1) is 0 Å². The van der Waals surface area contributed by atoms with Crippen LogP contribution in [0, 0.1) is 23.7 Å². The predicted molar refractivity (Wildman–Crippen MR) is 87.6 cm³/mol. The van der Waals surface area contributed by atoms with Crippen LogP contribution in [-0.2, 0) is 9.59 Å². The molecule has 1 saturated carbocycles. The fourth-order valence-electron chi connectivity index (χ4n) is 4.91. The predicted octanol–water partition coefficient (Wildman–Crippen LogP) is 1.73. The topological polar surface area (TPSA) is 69.7 Å². The molecule has 0 aromatic rings. The summed E-state index contributed by atoms with van der Waals surface area (Å²) in [5.41, 5.74) is 0. The summed E-state index contributed by atoms with van der Waals surface area (Å²) in [7, 11) is 0. The van der Waals surface area contributed by atoms with Crippen molar-refractivity contribution in [1.29, 1.82) is 0 Å². The van der Waals surface area contributed by atoms with Gasteiger partial charge >= 0.3 is 6.03 Å². The van der Waals surface area contributed by atoms with E-state index < -0.39 is 6.17 Å². The first kappa shape index (κ1) is 15.7. The molecule has 0 spiro atoms. The zero-order valence-corrected chi connectivity index (χ0v) is 14.1. The van der Waals surface area contributed by atoms with Crippen LogP contribution in [0.3, 0.4) is 0 Å². The molecular weight excluding hydrogens is 306 g/mol. The van der Waals surface area contributed by atoms with E-state index in [1.54, 1.807) is 11.8 Å². The number of hydrogen-bond acceptors (Lipinski definition) is 3. The largest absolute Gasteiger partial charge is 0.325 e. The Labute approximate surface area is 142 Å². The molecule has 0 unspecified atom stereocenters. The first-order chi connectivity index (χ1) is 11.6. The number of urea groups is 1. The van der Waals surface area contributed by atoms with Crippen molar-refractivity contribution < 1.29 is 14.4 Å². The molecule has 2 bridgehead atoms. The number of carbonyl (C=O) groups excluding carboxylic acids is 3. The highest BCUT2D eigenvalue weighted by Crippen LogP contribution is 2.49. The molecule has 6 nitrogen and oxygen atoms in total. The lowest BCUT2D eigenvalue weighted by atomic mass is 9.63. The number of carbonyl (C=O) groups is 3. The van der Waals surface area contributed by atoms with Gasteiger partial charge in [-0.05, 0) is 50.9 Å². The molecule has 4 amide bonds. The molecule has 5 atom stereocenters. The van der Waals surface area contributed by atoms with Gasteiger partial charge in [0, 0.05) is 13.1 Å². The molecular formula is C18H25N3O3. The molecule has 2 heterocycles. The molecule has 0 aromatic heterocycles. The summed E-state index contributed by atoms with van der Waals surface area (Å²) in [4.78, 5) is 41.2. The highest BCUT2D eigenvalue weighted by molar-refractivity contribution is 6.06. The number of imide groups is 1. The van der Waals surface area contributed by atoms with Crippen LogP contribution in [0.1, 0.15) is 39.0 Å².